The van der Waals surface area contributed by atoms with E-state index in [2.05, 4.69) is 9.88 Å². The van der Waals surface area contributed by atoms with Gasteiger partial charge in [-0.2, -0.15) is 4.98 Å². The predicted octanol–water partition coefficient (Wildman–Crippen LogP) is 1.92. The van der Waals surface area contributed by atoms with Gasteiger partial charge in [-0.1, -0.05) is 0 Å². The molecule has 1 unspecified atom stereocenters. The number of nitrogen functional groups attached to an aromatic ring is 1. The van der Waals surface area contributed by atoms with Crippen molar-refractivity contribution in [3.05, 3.63) is 12.1 Å². The fourth-order valence-corrected chi connectivity index (χ4v) is 2.35. The van der Waals surface area contributed by atoms with Gasteiger partial charge in [-0.05, 0) is 32.4 Å². The maximum atomic E-state index is 5.89. The van der Waals surface area contributed by atoms with E-state index in [1.807, 2.05) is 26.0 Å². The molecule has 19 heavy (non-hydrogen) atoms. The Morgan fingerprint density at radius 1 is 1.47 bits per heavy atom. The van der Waals surface area contributed by atoms with Crippen LogP contribution >= 0.6 is 0 Å². The third kappa shape index (κ3) is 3.50. The summed E-state index contributed by atoms with van der Waals surface area (Å²) in [5.41, 5.74) is 6.47. The number of nitrogens with two attached hydrogens (primary N) is 1. The second-order valence-corrected chi connectivity index (χ2v) is 5.29. The van der Waals surface area contributed by atoms with Gasteiger partial charge in [0.2, 0.25) is 5.88 Å². The van der Waals surface area contributed by atoms with Crippen LogP contribution in [0.1, 0.15) is 20.3 Å². The van der Waals surface area contributed by atoms with Gasteiger partial charge in [-0.15, -0.1) is 0 Å². The number of ether oxygens (including phenoxy) is 2. The van der Waals surface area contributed by atoms with Gasteiger partial charge in [0.1, 0.15) is 5.82 Å². The summed E-state index contributed by atoms with van der Waals surface area (Å²) in [4.78, 5) is 6.79. The maximum absolute atomic E-state index is 5.89. The molecule has 5 nitrogen and oxygen atoms in total. The van der Waals surface area contributed by atoms with Gasteiger partial charge in [0.25, 0.3) is 0 Å². The van der Waals surface area contributed by atoms with E-state index in [1.54, 1.807) is 7.11 Å². The molecule has 1 aromatic rings. The summed E-state index contributed by atoms with van der Waals surface area (Å²) in [6.45, 7) is 6.73. The molecular formula is C14H23N3O2. The molecule has 1 fully saturated rings. The highest BCUT2D eigenvalue weighted by Gasteiger charge is 2.24. The van der Waals surface area contributed by atoms with Crippen LogP contribution in [0.25, 0.3) is 0 Å². The molecule has 0 bridgehead atoms. The Hall–Kier alpha value is -1.49. The van der Waals surface area contributed by atoms with Crippen LogP contribution in [0.4, 0.5) is 11.5 Å². The van der Waals surface area contributed by atoms with Crippen molar-refractivity contribution in [3.63, 3.8) is 0 Å². The van der Waals surface area contributed by atoms with Crippen LogP contribution in [0, 0.1) is 5.92 Å². The van der Waals surface area contributed by atoms with Crippen molar-refractivity contribution in [1.29, 1.82) is 0 Å². The van der Waals surface area contributed by atoms with Gasteiger partial charge < -0.3 is 20.1 Å². The first-order chi connectivity index (χ1) is 9.10. The van der Waals surface area contributed by atoms with E-state index in [-0.39, 0.29) is 6.10 Å². The standard InChI is InChI=1S/C14H23N3O2/c1-10(2)19-14-12(15)4-5-13(16-14)17-7-6-11(8-17)9-18-3/h4-5,10-11H,6-9,15H2,1-3H3. The summed E-state index contributed by atoms with van der Waals surface area (Å²) in [6, 6.07) is 3.82. The molecule has 5 heteroatoms. The zero-order chi connectivity index (χ0) is 13.8. The van der Waals surface area contributed by atoms with Crippen LogP contribution in [0.15, 0.2) is 12.1 Å². The maximum Gasteiger partial charge on any atom is 0.239 e. The van der Waals surface area contributed by atoms with Crippen LogP contribution in [-0.4, -0.2) is 37.9 Å². The Balaban J connectivity index is 2.08. The molecule has 0 spiro atoms. The Labute approximate surface area is 114 Å². The van der Waals surface area contributed by atoms with Crippen molar-refractivity contribution in [2.24, 2.45) is 5.92 Å². The average Bonchev–Trinajstić information content (AvgIpc) is 2.80. The van der Waals surface area contributed by atoms with Crippen molar-refractivity contribution in [1.82, 2.24) is 4.98 Å². The summed E-state index contributed by atoms with van der Waals surface area (Å²) in [5.74, 6) is 2.05. The monoisotopic (exact) mass is 265 g/mol. The summed E-state index contributed by atoms with van der Waals surface area (Å²) in [7, 11) is 1.75. The van der Waals surface area contributed by atoms with E-state index in [1.165, 1.54) is 0 Å². The van der Waals surface area contributed by atoms with Crippen LogP contribution in [0.3, 0.4) is 0 Å². The lowest BCUT2D eigenvalue weighted by Crippen LogP contribution is -2.22. The van der Waals surface area contributed by atoms with Crippen molar-refractivity contribution < 1.29 is 9.47 Å². The summed E-state index contributed by atoms with van der Waals surface area (Å²) >= 11 is 0. The zero-order valence-corrected chi connectivity index (χ0v) is 11.9. The molecule has 0 aliphatic carbocycles. The molecule has 0 radical (unpaired) electrons. The minimum atomic E-state index is 0.0740. The summed E-state index contributed by atoms with van der Waals surface area (Å²) in [5, 5.41) is 0. The first-order valence-corrected chi connectivity index (χ1v) is 6.77. The molecule has 106 valence electrons. The highest BCUT2D eigenvalue weighted by molar-refractivity contribution is 5.55. The van der Waals surface area contributed by atoms with E-state index in [9.17, 15) is 0 Å². The smallest absolute Gasteiger partial charge is 0.239 e. The fraction of sp³-hybridized carbons (Fsp3) is 0.643. The highest BCUT2D eigenvalue weighted by atomic mass is 16.5. The van der Waals surface area contributed by atoms with Crippen LogP contribution in [-0.2, 0) is 4.74 Å². The van der Waals surface area contributed by atoms with Crippen molar-refractivity contribution in [2.45, 2.75) is 26.4 Å². The second-order valence-electron chi connectivity index (χ2n) is 5.29. The molecule has 0 amide bonds. The molecule has 1 aromatic heterocycles. The molecule has 2 heterocycles. The third-order valence-corrected chi connectivity index (χ3v) is 3.23. The SMILES string of the molecule is COCC1CCN(c2ccc(N)c(OC(C)C)n2)C1. The molecule has 2 N–H and O–H groups in total. The zero-order valence-electron chi connectivity index (χ0n) is 11.9. The average molecular weight is 265 g/mol. The van der Waals surface area contributed by atoms with Crippen LogP contribution in [0.5, 0.6) is 5.88 Å². The Kier molecular flexibility index (Phi) is 4.47. The van der Waals surface area contributed by atoms with Gasteiger partial charge in [0, 0.05) is 26.1 Å². The van der Waals surface area contributed by atoms with Crippen molar-refractivity contribution in [2.75, 3.05) is 37.4 Å². The molecule has 1 aliphatic heterocycles. The number of anilines is 2. The lowest BCUT2D eigenvalue weighted by atomic mass is 10.1. The normalized spacial score (nSPS) is 19.2. The van der Waals surface area contributed by atoms with Crippen LogP contribution < -0.4 is 15.4 Å². The summed E-state index contributed by atoms with van der Waals surface area (Å²) < 4.78 is 10.8. The fourth-order valence-electron chi connectivity index (χ4n) is 2.35. The first-order valence-electron chi connectivity index (χ1n) is 6.77. The Morgan fingerprint density at radius 2 is 2.26 bits per heavy atom. The largest absolute Gasteiger partial charge is 0.473 e. The van der Waals surface area contributed by atoms with Crippen LogP contribution in [0.2, 0.25) is 0 Å². The van der Waals surface area contributed by atoms with Gasteiger partial charge >= 0.3 is 0 Å². The molecular weight excluding hydrogens is 242 g/mol. The Bertz CT molecular complexity index is 423. The first kappa shape index (κ1) is 13.9. The topological polar surface area (TPSA) is 60.6 Å². The van der Waals surface area contributed by atoms with E-state index in [0.29, 0.717) is 17.5 Å². The van der Waals surface area contributed by atoms with Crippen molar-refractivity contribution >= 4 is 11.5 Å². The van der Waals surface area contributed by atoms with Gasteiger partial charge in [-0.3, -0.25) is 0 Å². The number of nitrogens with zero attached hydrogens (tertiary/aromatic N) is 2. The number of aromatic nitrogens is 1. The second kappa shape index (κ2) is 6.10. The van der Waals surface area contributed by atoms with Gasteiger partial charge in [0.15, 0.2) is 0 Å². The quantitative estimate of drug-likeness (QED) is 0.881. The predicted molar refractivity (Wildman–Crippen MR) is 76.6 cm³/mol. The number of methoxy groups -OCH3 is 1. The van der Waals surface area contributed by atoms with E-state index < -0.39 is 0 Å². The molecule has 0 aromatic carbocycles. The minimum absolute atomic E-state index is 0.0740. The number of rotatable bonds is 5. The van der Waals surface area contributed by atoms with Crippen molar-refractivity contribution in [3.8, 4) is 5.88 Å². The lowest BCUT2D eigenvalue weighted by molar-refractivity contribution is 0.161. The molecule has 0 saturated carbocycles. The molecule has 2 rings (SSSR count). The lowest BCUT2D eigenvalue weighted by Gasteiger charge is -2.19. The van der Waals surface area contributed by atoms with Gasteiger partial charge in [0.05, 0.1) is 18.4 Å². The molecule has 1 aliphatic rings. The van der Waals surface area contributed by atoms with Gasteiger partial charge in [-0.25, -0.2) is 0 Å². The molecule has 1 saturated heterocycles. The minimum Gasteiger partial charge on any atom is -0.473 e. The number of pyridine rings is 1. The van der Waals surface area contributed by atoms with E-state index >= 15 is 0 Å². The van der Waals surface area contributed by atoms with E-state index in [0.717, 1.165) is 31.9 Å². The van der Waals surface area contributed by atoms with E-state index in [4.69, 9.17) is 15.2 Å². The Morgan fingerprint density at radius 3 is 2.95 bits per heavy atom. The summed E-state index contributed by atoms with van der Waals surface area (Å²) in [6.07, 6.45) is 1.21. The highest BCUT2D eigenvalue weighted by Crippen LogP contribution is 2.27. The third-order valence-electron chi connectivity index (χ3n) is 3.23. The number of hydrogen-bond donors (Lipinski definition) is 1. The molecule has 1 atom stereocenters. The number of hydrogen-bond acceptors (Lipinski definition) is 5.